The lowest BCUT2D eigenvalue weighted by atomic mass is 9.83. The molecule has 0 aromatic carbocycles. The summed E-state index contributed by atoms with van der Waals surface area (Å²) in [5.74, 6) is 1.44. The molecule has 16 heavy (non-hydrogen) atoms. The van der Waals surface area contributed by atoms with Crippen LogP contribution in [0.25, 0.3) is 0 Å². The van der Waals surface area contributed by atoms with Crippen molar-refractivity contribution in [2.24, 2.45) is 5.92 Å². The van der Waals surface area contributed by atoms with Crippen LogP contribution >= 0.6 is 12.2 Å². The molecule has 0 aliphatic heterocycles. The minimum atomic E-state index is 0.458. The first-order chi connectivity index (χ1) is 7.72. The lowest BCUT2D eigenvalue weighted by molar-refractivity contribution is 0.263. The zero-order valence-corrected chi connectivity index (χ0v) is 10.6. The van der Waals surface area contributed by atoms with Crippen LogP contribution in [0.2, 0.25) is 0 Å². The van der Waals surface area contributed by atoms with Crippen molar-refractivity contribution in [3.8, 4) is 0 Å². The number of aromatic nitrogens is 3. The summed E-state index contributed by atoms with van der Waals surface area (Å²) >= 11 is 5.20. The third kappa shape index (κ3) is 2.29. The average Bonchev–Trinajstić information content (AvgIpc) is 2.61. The van der Waals surface area contributed by atoms with Crippen LogP contribution in [0.3, 0.4) is 0 Å². The van der Waals surface area contributed by atoms with Crippen molar-refractivity contribution in [2.45, 2.75) is 51.5 Å². The smallest absolute Gasteiger partial charge is 0.220 e. The van der Waals surface area contributed by atoms with Gasteiger partial charge in [-0.25, -0.2) is 5.10 Å². The molecule has 1 aromatic heterocycles. The van der Waals surface area contributed by atoms with Crippen molar-refractivity contribution >= 4 is 18.2 Å². The van der Waals surface area contributed by atoms with E-state index in [2.05, 4.69) is 17.1 Å². The van der Waals surface area contributed by atoms with Gasteiger partial charge in [-0.3, -0.25) is 4.57 Å². The van der Waals surface area contributed by atoms with Crippen LogP contribution in [0.1, 0.15) is 51.5 Å². The Labute approximate surface area is 101 Å². The van der Waals surface area contributed by atoms with Gasteiger partial charge in [-0.2, -0.15) is 0 Å². The Kier molecular flexibility index (Phi) is 3.63. The molecule has 1 heterocycles. The van der Waals surface area contributed by atoms with Crippen LogP contribution in [-0.2, 0) is 0 Å². The Balaban J connectivity index is 2.02. The SMILES string of the molecule is CCCC1CCC(n2c(N)n[nH]c2=S)CC1. The summed E-state index contributed by atoms with van der Waals surface area (Å²) in [4.78, 5) is 0. The van der Waals surface area contributed by atoms with Crippen LogP contribution in [0.4, 0.5) is 5.95 Å². The molecule has 0 radical (unpaired) electrons. The van der Waals surface area contributed by atoms with Gasteiger partial charge in [0, 0.05) is 6.04 Å². The Hall–Kier alpha value is -0.840. The molecule has 90 valence electrons. The molecular formula is C11H20N4S. The summed E-state index contributed by atoms with van der Waals surface area (Å²) < 4.78 is 2.65. The summed E-state index contributed by atoms with van der Waals surface area (Å²) in [6, 6.07) is 0.458. The van der Waals surface area contributed by atoms with E-state index in [-0.39, 0.29) is 0 Å². The van der Waals surface area contributed by atoms with E-state index in [0.717, 1.165) is 5.92 Å². The number of nitrogens with two attached hydrogens (primary N) is 1. The van der Waals surface area contributed by atoms with Crippen LogP contribution in [0, 0.1) is 10.7 Å². The number of nitrogens with zero attached hydrogens (tertiary/aromatic N) is 2. The highest BCUT2D eigenvalue weighted by Gasteiger charge is 2.23. The molecule has 3 N–H and O–H groups in total. The number of aromatic amines is 1. The number of hydrogen-bond acceptors (Lipinski definition) is 3. The Morgan fingerprint density at radius 2 is 2.12 bits per heavy atom. The van der Waals surface area contributed by atoms with E-state index in [1.807, 2.05) is 4.57 Å². The lowest BCUT2D eigenvalue weighted by Gasteiger charge is -2.29. The zero-order valence-electron chi connectivity index (χ0n) is 9.78. The Morgan fingerprint density at radius 1 is 1.44 bits per heavy atom. The van der Waals surface area contributed by atoms with Crippen LogP contribution in [0.5, 0.6) is 0 Å². The molecule has 1 fully saturated rings. The molecule has 2 rings (SSSR count). The number of anilines is 1. The van der Waals surface area contributed by atoms with Crippen molar-refractivity contribution in [1.29, 1.82) is 0 Å². The van der Waals surface area contributed by atoms with E-state index < -0.39 is 0 Å². The minimum absolute atomic E-state index is 0.458. The molecule has 1 aliphatic carbocycles. The summed E-state index contributed by atoms with van der Waals surface area (Å²) in [6.07, 6.45) is 7.61. The summed E-state index contributed by atoms with van der Waals surface area (Å²) in [5.41, 5.74) is 5.82. The maximum absolute atomic E-state index is 5.82. The standard InChI is InChI=1S/C11H20N4S/c1-2-3-8-4-6-9(7-5-8)15-10(12)13-14-11(15)16/h8-9H,2-7H2,1H3,(H2,12,13)(H,14,16). The molecule has 0 amide bonds. The summed E-state index contributed by atoms with van der Waals surface area (Å²) in [7, 11) is 0. The first-order valence-corrected chi connectivity index (χ1v) is 6.55. The largest absolute Gasteiger partial charge is 0.368 e. The normalized spacial score (nSPS) is 25.8. The highest BCUT2D eigenvalue weighted by atomic mass is 32.1. The second kappa shape index (κ2) is 4.99. The highest BCUT2D eigenvalue weighted by Crippen LogP contribution is 2.35. The Bertz CT molecular complexity index is 387. The highest BCUT2D eigenvalue weighted by molar-refractivity contribution is 7.71. The molecule has 4 nitrogen and oxygen atoms in total. The van der Waals surface area contributed by atoms with E-state index in [9.17, 15) is 0 Å². The van der Waals surface area contributed by atoms with Crippen LogP contribution in [0.15, 0.2) is 0 Å². The minimum Gasteiger partial charge on any atom is -0.368 e. The molecular weight excluding hydrogens is 220 g/mol. The van der Waals surface area contributed by atoms with Crippen LogP contribution in [-0.4, -0.2) is 14.8 Å². The second-order valence-corrected chi connectivity index (χ2v) is 5.11. The van der Waals surface area contributed by atoms with Crippen molar-refractivity contribution in [3.05, 3.63) is 4.77 Å². The lowest BCUT2D eigenvalue weighted by Crippen LogP contribution is -2.19. The fraction of sp³-hybridized carbons (Fsp3) is 0.818. The van der Waals surface area contributed by atoms with E-state index in [4.69, 9.17) is 18.0 Å². The van der Waals surface area contributed by atoms with Gasteiger partial charge in [0.1, 0.15) is 0 Å². The predicted octanol–water partition coefficient (Wildman–Crippen LogP) is 3.05. The van der Waals surface area contributed by atoms with Gasteiger partial charge >= 0.3 is 0 Å². The molecule has 0 saturated heterocycles. The maximum atomic E-state index is 5.82. The maximum Gasteiger partial charge on any atom is 0.220 e. The van der Waals surface area contributed by atoms with Crippen molar-refractivity contribution in [1.82, 2.24) is 14.8 Å². The third-order valence-corrected chi connectivity index (χ3v) is 3.90. The second-order valence-electron chi connectivity index (χ2n) is 4.72. The molecule has 1 saturated carbocycles. The van der Waals surface area contributed by atoms with Gasteiger partial charge in [-0.15, -0.1) is 5.10 Å². The van der Waals surface area contributed by atoms with Gasteiger partial charge in [-0.1, -0.05) is 19.8 Å². The zero-order chi connectivity index (χ0) is 11.5. The van der Waals surface area contributed by atoms with Crippen molar-refractivity contribution in [2.75, 3.05) is 5.73 Å². The predicted molar refractivity (Wildman–Crippen MR) is 67.7 cm³/mol. The van der Waals surface area contributed by atoms with Crippen LogP contribution < -0.4 is 5.73 Å². The van der Waals surface area contributed by atoms with Gasteiger partial charge in [0.05, 0.1) is 0 Å². The molecule has 0 unspecified atom stereocenters. The number of nitrogen functional groups attached to an aromatic ring is 1. The van der Waals surface area contributed by atoms with Gasteiger partial charge in [0.25, 0.3) is 0 Å². The summed E-state index contributed by atoms with van der Waals surface area (Å²) in [6.45, 7) is 2.26. The van der Waals surface area contributed by atoms with E-state index in [0.29, 0.717) is 16.8 Å². The molecule has 0 bridgehead atoms. The van der Waals surface area contributed by atoms with E-state index in [1.165, 1.54) is 38.5 Å². The van der Waals surface area contributed by atoms with Gasteiger partial charge in [-0.05, 0) is 43.8 Å². The van der Waals surface area contributed by atoms with E-state index >= 15 is 0 Å². The molecule has 0 atom stereocenters. The monoisotopic (exact) mass is 240 g/mol. The summed E-state index contributed by atoms with van der Waals surface area (Å²) in [5, 5.41) is 6.73. The molecule has 1 aliphatic rings. The third-order valence-electron chi connectivity index (χ3n) is 3.61. The van der Waals surface area contributed by atoms with Crippen molar-refractivity contribution < 1.29 is 0 Å². The topological polar surface area (TPSA) is 59.6 Å². The fourth-order valence-corrected chi connectivity index (χ4v) is 3.06. The van der Waals surface area contributed by atoms with Gasteiger partial charge in [0.15, 0.2) is 4.77 Å². The fourth-order valence-electron chi connectivity index (χ4n) is 2.77. The average molecular weight is 240 g/mol. The molecule has 5 heteroatoms. The number of H-pyrrole nitrogens is 1. The molecule has 0 spiro atoms. The van der Waals surface area contributed by atoms with E-state index in [1.54, 1.807) is 0 Å². The first kappa shape index (κ1) is 11.6. The number of rotatable bonds is 3. The number of hydrogen-bond donors (Lipinski definition) is 2. The van der Waals surface area contributed by atoms with Gasteiger partial charge in [0.2, 0.25) is 5.95 Å². The van der Waals surface area contributed by atoms with Gasteiger partial charge < -0.3 is 5.73 Å². The molecule has 1 aromatic rings. The van der Waals surface area contributed by atoms with Crippen molar-refractivity contribution in [3.63, 3.8) is 0 Å². The number of nitrogens with one attached hydrogen (secondary N) is 1. The quantitative estimate of drug-likeness (QED) is 0.798. The first-order valence-electron chi connectivity index (χ1n) is 6.14. The Morgan fingerprint density at radius 3 is 2.62 bits per heavy atom.